The van der Waals surface area contributed by atoms with Crippen molar-refractivity contribution in [2.24, 2.45) is 0 Å². The second kappa shape index (κ2) is 6.45. The highest BCUT2D eigenvalue weighted by Gasteiger charge is 2.34. The number of amides is 1. The lowest BCUT2D eigenvalue weighted by molar-refractivity contribution is -0.138. The Morgan fingerprint density at radius 2 is 2.00 bits per heavy atom. The summed E-state index contributed by atoms with van der Waals surface area (Å²) in [6, 6.07) is 1.68. The van der Waals surface area contributed by atoms with Crippen LogP contribution < -0.4 is 10.6 Å². The van der Waals surface area contributed by atoms with Gasteiger partial charge in [-0.25, -0.2) is 9.59 Å². The highest BCUT2D eigenvalue weighted by atomic mass is 35.5. The van der Waals surface area contributed by atoms with E-state index >= 15 is 0 Å². The summed E-state index contributed by atoms with van der Waals surface area (Å²) in [5, 5.41) is 15.6. The summed E-state index contributed by atoms with van der Waals surface area (Å²) in [6.45, 7) is 5.24. The average Bonchev–Trinajstić information content (AvgIpc) is 2.34. The molecule has 2 atom stereocenters. The van der Waals surface area contributed by atoms with Crippen molar-refractivity contribution in [1.29, 1.82) is 0 Å². The van der Waals surface area contributed by atoms with Gasteiger partial charge >= 0.3 is 12.1 Å². The molecule has 3 N–H and O–H groups in total. The van der Waals surface area contributed by atoms with E-state index in [1.165, 1.54) is 0 Å². The van der Waals surface area contributed by atoms with E-state index in [0.717, 1.165) is 0 Å². The van der Waals surface area contributed by atoms with Gasteiger partial charge in [0, 0.05) is 27.7 Å². The second-order valence-electron chi connectivity index (χ2n) is 6.32. The largest absolute Gasteiger partial charge is 0.480 e. The van der Waals surface area contributed by atoms with Gasteiger partial charge in [-0.05, 0) is 32.9 Å². The molecule has 0 aliphatic carbocycles. The average molecular weight is 361 g/mol. The number of hydrogen-bond donors (Lipinski definition) is 3. The quantitative estimate of drug-likeness (QED) is 0.745. The van der Waals surface area contributed by atoms with Crippen molar-refractivity contribution in [3.8, 4) is 0 Å². The molecule has 23 heavy (non-hydrogen) atoms. The van der Waals surface area contributed by atoms with Crippen LogP contribution in [0.15, 0.2) is 12.1 Å². The molecule has 1 amide bonds. The number of carboxylic acid groups (broad SMARTS) is 1. The molecule has 8 heteroatoms. The molecule has 1 aromatic carbocycles. The Labute approximate surface area is 144 Å². The third-order valence-electron chi connectivity index (χ3n) is 3.23. The molecule has 1 aliphatic heterocycles. The van der Waals surface area contributed by atoms with Crippen LogP contribution in [-0.2, 0) is 9.53 Å². The number of carbonyl (C=O) groups excluding carboxylic acids is 1. The summed E-state index contributed by atoms with van der Waals surface area (Å²) in [5.41, 5.74) is 0.428. The van der Waals surface area contributed by atoms with Crippen molar-refractivity contribution < 1.29 is 19.4 Å². The molecule has 1 heterocycles. The number of halogens is 2. The number of fused-ring (bicyclic) bond motifs is 1. The lowest BCUT2D eigenvalue weighted by Crippen LogP contribution is -2.42. The van der Waals surface area contributed by atoms with Crippen LogP contribution in [0.1, 0.15) is 38.8 Å². The van der Waals surface area contributed by atoms with E-state index < -0.39 is 29.7 Å². The van der Waals surface area contributed by atoms with Crippen LogP contribution in [0, 0.1) is 0 Å². The van der Waals surface area contributed by atoms with E-state index in [-0.39, 0.29) is 6.42 Å². The molecule has 126 valence electrons. The Bertz CT molecular complexity index is 643. The lowest BCUT2D eigenvalue weighted by Gasteiger charge is -2.33. The zero-order valence-electron chi connectivity index (χ0n) is 12.9. The first-order valence-corrected chi connectivity index (χ1v) is 7.80. The van der Waals surface area contributed by atoms with Crippen molar-refractivity contribution in [3.63, 3.8) is 0 Å². The fourth-order valence-electron chi connectivity index (χ4n) is 2.40. The van der Waals surface area contributed by atoms with E-state index in [9.17, 15) is 14.7 Å². The molecule has 1 aromatic rings. The van der Waals surface area contributed by atoms with Crippen LogP contribution in [0.3, 0.4) is 0 Å². The van der Waals surface area contributed by atoms with Crippen LogP contribution in [0.4, 0.5) is 10.5 Å². The van der Waals surface area contributed by atoms with E-state index in [4.69, 9.17) is 27.9 Å². The number of hydrogen-bond acceptors (Lipinski definition) is 4. The van der Waals surface area contributed by atoms with Crippen molar-refractivity contribution in [2.45, 2.75) is 44.9 Å². The molecular weight excluding hydrogens is 343 g/mol. The number of carboxylic acids is 1. The predicted octanol–water partition coefficient (Wildman–Crippen LogP) is 3.83. The van der Waals surface area contributed by atoms with Crippen LogP contribution in [0.5, 0.6) is 0 Å². The molecule has 6 nitrogen and oxygen atoms in total. The molecule has 0 spiro atoms. The van der Waals surface area contributed by atoms with Crippen LogP contribution in [0.25, 0.3) is 0 Å². The fourth-order valence-corrected chi connectivity index (χ4v) is 3.03. The van der Waals surface area contributed by atoms with Crippen molar-refractivity contribution >= 4 is 41.0 Å². The number of nitrogens with one attached hydrogen (secondary N) is 2. The normalized spacial score (nSPS) is 20.2. The minimum atomic E-state index is -1.03. The smallest absolute Gasteiger partial charge is 0.408 e. The maximum Gasteiger partial charge on any atom is 0.408 e. The van der Waals surface area contributed by atoms with E-state index in [0.29, 0.717) is 21.3 Å². The van der Waals surface area contributed by atoms with Crippen LogP contribution in [0.2, 0.25) is 10.0 Å². The fraction of sp³-hybridized carbons (Fsp3) is 0.467. The zero-order chi connectivity index (χ0) is 17.4. The molecule has 1 aliphatic rings. The standard InChI is InChI=1S/C15H18Cl2N2O4/c1-15(2,3)23-14(22)19-10-6-11(13(20)21)18-9-5-7(16)4-8(17)12(9)10/h4-5,10-11,18H,6H2,1-3H3,(H,19,22)(H,20,21)/t10-,11+/m1/s1. The van der Waals surface area contributed by atoms with Gasteiger partial charge in [-0.2, -0.15) is 0 Å². The Kier molecular flexibility index (Phi) is 4.96. The molecule has 0 fully saturated rings. The number of anilines is 1. The van der Waals surface area contributed by atoms with Gasteiger partial charge in [-0.1, -0.05) is 23.2 Å². The molecule has 0 saturated heterocycles. The number of rotatable bonds is 2. The Morgan fingerprint density at radius 1 is 1.35 bits per heavy atom. The van der Waals surface area contributed by atoms with Crippen molar-refractivity contribution in [2.75, 3.05) is 5.32 Å². The third kappa shape index (κ3) is 4.42. The molecule has 0 aromatic heterocycles. The zero-order valence-corrected chi connectivity index (χ0v) is 14.5. The highest BCUT2D eigenvalue weighted by molar-refractivity contribution is 6.35. The molecule has 0 saturated carbocycles. The summed E-state index contributed by atoms with van der Waals surface area (Å²) in [7, 11) is 0. The van der Waals surface area contributed by atoms with E-state index in [2.05, 4.69) is 10.6 Å². The molecule has 0 radical (unpaired) electrons. The van der Waals surface area contributed by atoms with Gasteiger partial charge in [0.1, 0.15) is 11.6 Å². The number of carbonyl (C=O) groups is 2. The third-order valence-corrected chi connectivity index (χ3v) is 3.76. The van der Waals surface area contributed by atoms with Gasteiger partial charge in [0.2, 0.25) is 0 Å². The summed E-state index contributed by atoms with van der Waals surface area (Å²) in [5.74, 6) is -1.03. The minimum Gasteiger partial charge on any atom is -0.480 e. The van der Waals surface area contributed by atoms with Gasteiger partial charge in [0.25, 0.3) is 0 Å². The van der Waals surface area contributed by atoms with E-state index in [1.54, 1.807) is 32.9 Å². The first-order chi connectivity index (χ1) is 10.6. The number of aliphatic carboxylic acids is 1. The van der Waals surface area contributed by atoms with Crippen molar-refractivity contribution in [3.05, 3.63) is 27.7 Å². The lowest BCUT2D eigenvalue weighted by atomic mass is 9.93. The first kappa shape index (κ1) is 17.7. The molecule has 2 rings (SSSR count). The number of alkyl carbamates (subject to hydrolysis) is 1. The summed E-state index contributed by atoms with van der Waals surface area (Å²) in [4.78, 5) is 23.3. The Hall–Kier alpha value is -1.66. The van der Waals surface area contributed by atoms with Gasteiger partial charge in [-0.15, -0.1) is 0 Å². The first-order valence-electron chi connectivity index (χ1n) is 7.04. The molecule has 0 bridgehead atoms. The van der Waals surface area contributed by atoms with E-state index in [1.807, 2.05) is 0 Å². The maximum absolute atomic E-state index is 12.0. The Balaban J connectivity index is 2.32. The second-order valence-corrected chi connectivity index (χ2v) is 7.16. The number of benzene rings is 1. The summed E-state index contributed by atoms with van der Waals surface area (Å²) >= 11 is 12.2. The number of ether oxygens (including phenoxy) is 1. The minimum absolute atomic E-state index is 0.142. The van der Waals surface area contributed by atoms with Gasteiger partial charge in [-0.3, -0.25) is 0 Å². The monoisotopic (exact) mass is 360 g/mol. The summed E-state index contributed by atoms with van der Waals surface area (Å²) < 4.78 is 5.23. The molecule has 0 unspecified atom stereocenters. The van der Waals surface area contributed by atoms with Crippen LogP contribution >= 0.6 is 23.2 Å². The van der Waals surface area contributed by atoms with Gasteiger partial charge in [0.05, 0.1) is 6.04 Å². The predicted molar refractivity (Wildman–Crippen MR) is 88.2 cm³/mol. The molecular formula is C15H18Cl2N2O4. The Morgan fingerprint density at radius 3 is 2.57 bits per heavy atom. The SMILES string of the molecule is CC(C)(C)OC(=O)N[C@@H]1C[C@@H](C(=O)O)Nc2cc(Cl)cc(Cl)c21. The topological polar surface area (TPSA) is 87.7 Å². The highest BCUT2D eigenvalue weighted by Crippen LogP contribution is 2.39. The van der Waals surface area contributed by atoms with Crippen LogP contribution in [-0.4, -0.2) is 28.8 Å². The van der Waals surface area contributed by atoms with Crippen molar-refractivity contribution in [1.82, 2.24) is 5.32 Å². The summed E-state index contributed by atoms with van der Waals surface area (Å²) in [6.07, 6.45) is -0.492. The van der Waals surface area contributed by atoms with Gasteiger partial charge < -0.3 is 20.5 Å². The van der Waals surface area contributed by atoms with Gasteiger partial charge in [0.15, 0.2) is 0 Å². The maximum atomic E-state index is 12.0.